The molecule has 2 rings (SSSR count). The van der Waals surface area contributed by atoms with Gasteiger partial charge in [-0.05, 0) is 34.7 Å². The zero-order chi connectivity index (χ0) is 11.7. The van der Waals surface area contributed by atoms with Crippen molar-refractivity contribution in [3.05, 3.63) is 44.7 Å². The number of hydrogen-bond donors (Lipinski definition) is 1. The summed E-state index contributed by atoms with van der Waals surface area (Å²) < 4.78 is 2.38. The monoisotopic (exact) mass is 348 g/mol. The van der Waals surface area contributed by atoms with Crippen molar-refractivity contribution in [1.82, 2.24) is 9.78 Å². The van der Waals surface area contributed by atoms with Crippen LogP contribution in [0.4, 0.5) is 0 Å². The molecule has 0 fully saturated rings. The minimum atomic E-state index is -1.02. The average molecular weight is 349 g/mol. The first-order valence-corrected chi connectivity index (χ1v) is 5.77. The summed E-state index contributed by atoms with van der Waals surface area (Å²) in [5, 5.41) is 13.5. The highest BCUT2D eigenvalue weighted by atomic mass is 127. The third-order valence-electron chi connectivity index (χ3n) is 2.00. The molecule has 0 aliphatic heterocycles. The van der Waals surface area contributed by atoms with Gasteiger partial charge in [-0.2, -0.15) is 5.10 Å². The summed E-state index contributed by atoms with van der Waals surface area (Å²) in [5.74, 6) is -1.02. The van der Waals surface area contributed by atoms with Gasteiger partial charge in [0.2, 0.25) is 0 Å². The van der Waals surface area contributed by atoms with Crippen molar-refractivity contribution >= 4 is 40.2 Å². The molecule has 1 heterocycles. The van der Waals surface area contributed by atoms with Crippen LogP contribution in [0.2, 0.25) is 5.02 Å². The molecule has 0 bridgehead atoms. The van der Waals surface area contributed by atoms with E-state index in [9.17, 15) is 4.79 Å². The normalized spacial score (nSPS) is 10.4. The number of rotatable bonds is 2. The number of nitrogens with zero attached hydrogens (tertiary/aromatic N) is 2. The summed E-state index contributed by atoms with van der Waals surface area (Å²) in [6, 6.07) is 4.74. The van der Waals surface area contributed by atoms with E-state index >= 15 is 0 Å². The minimum absolute atomic E-state index is 0.131. The van der Waals surface area contributed by atoms with E-state index in [1.807, 2.05) is 0 Å². The maximum absolute atomic E-state index is 11.1. The Labute approximate surface area is 110 Å². The second-order valence-electron chi connectivity index (χ2n) is 3.04. The Morgan fingerprint density at radius 2 is 2.25 bits per heavy atom. The van der Waals surface area contributed by atoms with E-state index in [1.165, 1.54) is 10.7 Å². The molecule has 0 aliphatic rings. The number of carboxylic acids is 1. The second kappa shape index (κ2) is 4.42. The van der Waals surface area contributed by atoms with E-state index in [0.717, 1.165) is 3.57 Å². The van der Waals surface area contributed by atoms with Crippen molar-refractivity contribution in [2.24, 2.45) is 0 Å². The van der Waals surface area contributed by atoms with Crippen molar-refractivity contribution in [2.75, 3.05) is 0 Å². The fourth-order valence-corrected chi connectivity index (χ4v) is 1.99. The molecule has 0 atom stereocenters. The molecule has 6 heteroatoms. The Hall–Kier alpha value is -1.08. The van der Waals surface area contributed by atoms with Crippen molar-refractivity contribution in [3.8, 4) is 5.69 Å². The molecule has 4 nitrogen and oxygen atoms in total. The highest BCUT2D eigenvalue weighted by Gasteiger charge is 2.15. The lowest BCUT2D eigenvalue weighted by atomic mass is 10.2. The predicted molar refractivity (Wildman–Crippen MR) is 68.3 cm³/mol. The molecule has 0 radical (unpaired) electrons. The number of benzene rings is 1. The van der Waals surface area contributed by atoms with Crippen LogP contribution in [-0.2, 0) is 0 Å². The first-order chi connectivity index (χ1) is 7.59. The molecule has 1 aromatic heterocycles. The molecular formula is C10H6ClIN2O2. The fraction of sp³-hybridized carbons (Fsp3) is 0. The van der Waals surface area contributed by atoms with E-state index in [1.54, 1.807) is 24.5 Å². The van der Waals surface area contributed by atoms with Gasteiger partial charge in [-0.25, -0.2) is 9.48 Å². The van der Waals surface area contributed by atoms with Crippen LogP contribution < -0.4 is 0 Å². The lowest BCUT2D eigenvalue weighted by Gasteiger charge is -2.07. The largest absolute Gasteiger partial charge is 0.478 e. The van der Waals surface area contributed by atoms with Crippen molar-refractivity contribution in [1.29, 1.82) is 0 Å². The van der Waals surface area contributed by atoms with E-state index < -0.39 is 5.97 Å². The molecule has 82 valence electrons. The average Bonchev–Trinajstić information content (AvgIpc) is 2.64. The number of carboxylic acid groups (broad SMARTS) is 1. The van der Waals surface area contributed by atoms with Gasteiger partial charge in [0.15, 0.2) is 0 Å². The maximum Gasteiger partial charge on any atom is 0.337 e. The highest BCUT2D eigenvalue weighted by molar-refractivity contribution is 14.1. The van der Waals surface area contributed by atoms with Gasteiger partial charge in [-0.15, -0.1) is 0 Å². The SMILES string of the molecule is O=C(O)c1cccc(Cl)c1-n1cc(I)cn1. The Balaban J connectivity index is 2.67. The highest BCUT2D eigenvalue weighted by Crippen LogP contribution is 2.24. The Kier molecular flexibility index (Phi) is 3.15. The third kappa shape index (κ3) is 2.05. The van der Waals surface area contributed by atoms with Crippen LogP contribution in [0.15, 0.2) is 30.6 Å². The number of halogens is 2. The summed E-state index contributed by atoms with van der Waals surface area (Å²) in [5.41, 5.74) is 0.520. The number of para-hydroxylation sites is 1. The van der Waals surface area contributed by atoms with E-state index in [4.69, 9.17) is 16.7 Å². The summed E-state index contributed by atoms with van der Waals surface area (Å²) >= 11 is 8.08. The van der Waals surface area contributed by atoms with Crippen LogP contribution in [0, 0.1) is 3.57 Å². The number of carbonyl (C=O) groups is 1. The molecule has 0 saturated heterocycles. The Morgan fingerprint density at radius 3 is 2.81 bits per heavy atom. The summed E-state index contributed by atoms with van der Waals surface area (Å²) in [6.07, 6.45) is 3.35. The van der Waals surface area contributed by atoms with Crippen molar-refractivity contribution < 1.29 is 9.90 Å². The zero-order valence-electron chi connectivity index (χ0n) is 7.89. The van der Waals surface area contributed by atoms with E-state index in [2.05, 4.69) is 27.7 Å². The summed E-state index contributed by atoms with van der Waals surface area (Å²) in [7, 11) is 0. The molecular weight excluding hydrogens is 342 g/mol. The minimum Gasteiger partial charge on any atom is -0.478 e. The molecule has 1 aromatic carbocycles. The number of hydrogen-bond acceptors (Lipinski definition) is 2. The summed E-state index contributed by atoms with van der Waals surface area (Å²) in [4.78, 5) is 11.1. The number of aromatic nitrogens is 2. The lowest BCUT2D eigenvalue weighted by molar-refractivity contribution is 0.0696. The summed E-state index contributed by atoms with van der Waals surface area (Å²) in [6.45, 7) is 0. The van der Waals surface area contributed by atoms with Crippen LogP contribution >= 0.6 is 34.2 Å². The molecule has 0 saturated carbocycles. The molecule has 2 aromatic rings. The van der Waals surface area contributed by atoms with Gasteiger partial charge >= 0.3 is 5.97 Å². The van der Waals surface area contributed by atoms with Crippen LogP contribution in [0.25, 0.3) is 5.69 Å². The standard InChI is InChI=1S/C10H6ClIN2O2/c11-8-3-1-2-7(10(15)16)9(8)14-5-6(12)4-13-14/h1-5H,(H,15,16). The Bertz CT molecular complexity index is 554. The van der Waals surface area contributed by atoms with Crippen molar-refractivity contribution in [3.63, 3.8) is 0 Å². The van der Waals surface area contributed by atoms with Gasteiger partial charge in [0, 0.05) is 6.20 Å². The van der Waals surface area contributed by atoms with Gasteiger partial charge < -0.3 is 5.11 Å². The topological polar surface area (TPSA) is 55.1 Å². The van der Waals surface area contributed by atoms with Gasteiger partial charge in [-0.1, -0.05) is 17.7 Å². The first-order valence-electron chi connectivity index (χ1n) is 4.32. The molecule has 0 aliphatic carbocycles. The first kappa shape index (κ1) is 11.4. The van der Waals surface area contributed by atoms with Crippen LogP contribution in [0.1, 0.15) is 10.4 Å². The maximum atomic E-state index is 11.1. The predicted octanol–water partition coefficient (Wildman–Crippen LogP) is 2.83. The van der Waals surface area contributed by atoms with Gasteiger partial charge in [0.05, 0.1) is 26.0 Å². The van der Waals surface area contributed by atoms with Gasteiger partial charge in [0.1, 0.15) is 0 Å². The lowest BCUT2D eigenvalue weighted by Crippen LogP contribution is -2.06. The number of aromatic carboxylic acids is 1. The van der Waals surface area contributed by atoms with Gasteiger partial charge in [0.25, 0.3) is 0 Å². The van der Waals surface area contributed by atoms with Crippen LogP contribution in [-0.4, -0.2) is 20.9 Å². The Morgan fingerprint density at radius 1 is 1.50 bits per heavy atom. The van der Waals surface area contributed by atoms with E-state index in [0.29, 0.717) is 10.7 Å². The molecule has 16 heavy (non-hydrogen) atoms. The van der Waals surface area contributed by atoms with Crippen LogP contribution in [0.3, 0.4) is 0 Å². The van der Waals surface area contributed by atoms with E-state index in [-0.39, 0.29) is 5.56 Å². The smallest absolute Gasteiger partial charge is 0.337 e. The van der Waals surface area contributed by atoms with Gasteiger partial charge in [-0.3, -0.25) is 0 Å². The molecule has 0 spiro atoms. The van der Waals surface area contributed by atoms with Crippen LogP contribution in [0.5, 0.6) is 0 Å². The molecule has 1 N–H and O–H groups in total. The third-order valence-corrected chi connectivity index (χ3v) is 2.86. The molecule has 0 amide bonds. The van der Waals surface area contributed by atoms with Crippen molar-refractivity contribution in [2.45, 2.75) is 0 Å². The zero-order valence-corrected chi connectivity index (χ0v) is 10.8. The second-order valence-corrected chi connectivity index (χ2v) is 4.70. The quantitative estimate of drug-likeness (QED) is 0.849. The fourth-order valence-electron chi connectivity index (χ4n) is 1.34. The molecule has 0 unspecified atom stereocenters.